The summed E-state index contributed by atoms with van der Waals surface area (Å²) in [4.78, 5) is 11.8. The number of ether oxygens (including phenoxy) is 1. The predicted octanol–water partition coefficient (Wildman–Crippen LogP) is 1.86. The van der Waals surface area contributed by atoms with Crippen molar-refractivity contribution in [2.45, 2.75) is 58.6 Å². The van der Waals surface area contributed by atoms with Crippen LogP contribution < -0.4 is 11.1 Å². The number of carbonyl (C=O) groups excluding carboxylic acids is 1. The van der Waals surface area contributed by atoms with Gasteiger partial charge in [-0.2, -0.15) is 0 Å². The van der Waals surface area contributed by atoms with E-state index in [0.717, 1.165) is 25.9 Å². The van der Waals surface area contributed by atoms with Gasteiger partial charge in [0.15, 0.2) is 0 Å². The lowest BCUT2D eigenvalue weighted by Gasteiger charge is -2.27. The minimum absolute atomic E-state index is 0. The molecule has 2 atom stereocenters. The van der Waals surface area contributed by atoms with Crippen LogP contribution in [0.5, 0.6) is 0 Å². The Bertz CT molecular complexity index is 248. The third-order valence-electron chi connectivity index (χ3n) is 3.26. The molecule has 0 bridgehead atoms. The quantitative estimate of drug-likeness (QED) is 0.825. The van der Waals surface area contributed by atoms with Crippen LogP contribution in [0.15, 0.2) is 0 Å². The van der Waals surface area contributed by atoms with Crippen LogP contribution in [0.2, 0.25) is 0 Å². The highest BCUT2D eigenvalue weighted by Gasteiger charge is 2.27. The second-order valence-electron chi connectivity index (χ2n) is 5.91. The number of nitrogens with two attached hydrogens (primary N) is 1. The lowest BCUT2D eigenvalue weighted by molar-refractivity contribution is -0.124. The standard InChI is InChI=1S/C13H26N2O2.ClH/c1-13(2,3)11(14)12(16)15-8-7-10-6-4-5-9-17-10;/h10-11H,4-9,14H2,1-3H3,(H,15,16);1H/t10?,11-;/m1./s1. The smallest absolute Gasteiger partial charge is 0.237 e. The molecule has 1 heterocycles. The molecular weight excluding hydrogens is 252 g/mol. The summed E-state index contributed by atoms with van der Waals surface area (Å²) in [6.07, 6.45) is 4.72. The molecule has 4 nitrogen and oxygen atoms in total. The fourth-order valence-corrected chi connectivity index (χ4v) is 1.89. The summed E-state index contributed by atoms with van der Waals surface area (Å²) < 4.78 is 5.60. The van der Waals surface area contributed by atoms with Gasteiger partial charge in [-0.25, -0.2) is 0 Å². The highest BCUT2D eigenvalue weighted by atomic mass is 35.5. The summed E-state index contributed by atoms with van der Waals surface area (Å²) >= 11 is 0. The molecule has 108 valence electrons. The van der Waals surface area contributed by atoms with Crippen LogP contribution in [0.1, 0.15) is 46.5 Å². The first-order valence-corrected chi connectivity index (χ1v) is 6.56. The van der Waals surface area contributed by atoms with Crippen LogP contribution in [0, 0.1) is 5.41 Å². The number of halogens is 1. The van der Waals surface area contributed by atoms with Gasteiger partial charge in [-0.05, 0) is 31.1 Å². The van der Waals surface area contributed by atoms with Crippen LogP contribution in [-0.2, 0) is 9.53 Å². The number of carbonyl (C=O) groups is 1. The third kappa shape index (κ3) is 6.03. The second kappa shape index (κ2) is 7.97. The van der Waals surface area contributed by atoms with Gasteiger partial charge in [0.2, 0.25) is 5.91 Å². The van der Waals surface area contributed by atoms with Crippen LogP contribution in [0.25, 0.3) is 0 Å². The molecule has 1 unspecified atom stereocenters. The van der Waals surface area contributed by atoms with Gasteiger partial charge >= 0.3 is 0 Å². The summed E-state index contributed by atoms with van der Waals surface area (Å²) in [6.45, 7) is 7.44. The number of hydrogen-bond donors (Lipinski definition) is 2. The highest BCUT2D eigenvalue weighted by molar-refractivity contribution is 5.85. The van der Waals surface area contributed by atoms with E-state index in [1.165, 1.54) is 6.42 Å². The Kier molecular flexibility index (Phi) is 7.83. The first-order valence-electron chi connectivity index (χ1n) is 6.56. The number of rotatable bonds is 4. The molecule has 0 aromatic carbocycles. The molecule has 0 aliphatic carbocycles. The van der Waals surface area contributed by atoms with Crippen LogP contribution in [0.4, 0.5) is 0 Å². The molecular formula is C13H27ClN2O2. The van der Waals surface area contributed by atoms with Crippen molar-refractivity contribution >= 4 is 18.3 Å². The Morgan fingerprint density at radius 2 is 2.11 bits per heavy atom. The SMILES string of the molecule is CC(C)(C)[C@H](N)C(=O)NCCC1CCCCO1.Cl. The average molecular weight is 279 g/mol. The molecule has 0 saturated carbocycles. The topological polar surface area (TPSA) is 64.4 Å². The maximum atomic E-state index is 11.8. The fraction of sp³-hybridized carbons (Fsp3) is 0.923. The summed E-state index contributed by atoms with van der Waals surface area (Å²) in [5, 5.41) is 2.89. The van der Waals surface area contributed by atoms with E-state index in [-0.39, 0.29) is 23.7 Å². The predicted molar refractivity (Wildman–Crippen MR) is 75.9 cm³/mol. The molecule has 0 aromatic heterocycles. The Labute approximate surface area is 116 Å². The summed E-state index contributed by atoms with van der Waals surface area (Å²) in [5.41, 5.74) is 5.68. The van der Waals surface area contributed by atoms with Crippen molar-refractivity contribution in [1.82, 2.24) is 5.32 Å². The molecule has 0 spiro atoms. The van der Waals surface area contributed by atoms with Crippen LogP contribution in [0.3, 0.4) is 0 Å². The van der Waals surface area contributed by atoms with E-state index < -0.39 is 6.04 Å². The first kappa shape index (κ1) is 17.7. The average Bonchev–Trinajstić information content (AvgIpc) is 2.28. The third-order valence-corrected chi connectivity index (χ3v) is 3.26. The van der Waals surface area contributed by atoms with Gasteiger partial charge in [-0.3, -0.25) is 4.79 Å². The zero-order valence-corrected chi connectivity index (χ0v) is 12.5. The minimum Gasteiger partial charge on any atom is -0.378 e. The maximum absolute atomic E-state index is 11.8. The van der Waals surface area contributed by atoms with Crippen molar-refractivity contribution in [3.63, 3.8) is 0 Å². The molecule has 1 rings (SSSR count). The van der Waals surface area contributed by atoms with E-state index in [0.29, 0.717) is 12.6 Å². The normalized spacial score (nSPS) is 21.9. The van der Waals surface area contributed by atoms with E-state index >= 15 is 0 Å². The van der Waals surface area contributed by atoms with Crippen molar-refractivity contribution in [3.8, 4) is 0 Å². The minimum atomic E-state index is -0.449. The van der Waals surface area contributed by atoms with Gasteiger partial charge < -0.3 is 15.8 Å². The molecule has 1 aliphatic rings. The van der Waals surface area contributed by atoms with Crippen molar-refractivity contribution in [1.29, 1.82) is 0 Å². The van der Waals surface area contributed by atoms with Gasteiger partial charge in [0, 0.05) is 13.2 Å². The van der Waals surface area contributed by atoms with Gasteiger partial charge in [-0.1, -0.05) is 20.8 Å². The van der Waals surface area contributed by atoms with Crippen molar-refractivity contribution in [3.05, 3.63) is 0 Å². The summed E-state index contributed by atoms with van der Waals surface area (Å²) in [7, 11) is 0. The zero-order valence-electron chi connectivity index (χ0n) is 11.7. The molecule has 5 heteroatoms. The van der Waals surface area contributed by atoms with E-state index in [4.69, 9.17) is 10.5 Å². The molecule has 1 saturated heterocycles. The monoisotopic (exact) mass is 278 g/mol. The molecule has 3 N–H and O–H groups in total. The molecule has 0 aromatic rings. The summed E-state index contributed by atoms with van der Waals surface area (Å²) in [5.74, 6) is -0.0618. The van der Waals surface area contributed by atoms with Crippen molar-refractivity contribution < 1.29 is 9.53 Å². The maximum Gasteiger partial charge on any atom is 0.237 e. The Morgan fingerprint density at radius 3 is 2.61 bits per heavy atom. The lowest BCUT2D eigenvalue weighted by atomic mass is 9.87. The van der Waals surface area contributed by atoms with E-state index in [9.17, 15) is 4.79 Å². The van der Waals surface area contributed by atoms with Crippen LogP contribution >= 0.6 is 12.4 Å². The Balaban J connectivity index is 0.00000289. The van der Waals surface area contributed by atoms with E-state index in [1.807, 2.05) is 20.8 Å². The van der Waals surface area contributed by atoms with Gasteiger partial charge in [-0.15, -0.1) is 12.4 Å². The number of hydrogen-bond acceptors (Lipinski definition) is 3. The van der Waals surface area contributed by atoms with E-state index in [1.54, 1.807) is 0 Å². The van der Waals surface area contributed by atoms with E-state index in [2.05, 4.69) is 5.32 Å². The summed E-state index contributed by atoms with van der Waals surface area (Å²) in [6, 6.07) is -0.449. The molecule has 1 amide bonds. The van der Waals surface area contributed by atoms with Crippen molar-refractivity contribution in [2.75, 3.05) is 13.2 Å². The highest BCUT2D eigenvalue weighted by Crippen LogP contribution is 2.17. The largest absolute Gasteiger partial charge is 0.378 e. The molecule has 0 radical (unpaired) electrons. The van der Waals surface area contributed by atoms with Gasteiger partial charge in [0.05, 0.1) is 12.1 Å². The van der Waals surface area contributed by atoms with Gasteiger partial charge in [0.25, 0.3) is 0 Å². The zero-order chi connectivity index (χ0) is 12.9. The van der Waals surface area contributed by atoms with Crippen LogP contribution in [-0.4, -0.2) is 31.2 Å². The second-order valence-corrected chi connectivity index (χ2v) is 5.91. The fourth-order valence-electron chi connectivity index (χ4n) is 1.89. The lowest BCUT2D eigenvalue weighted by Crippen LogP contribution is -2.49. The molecule has 1 fully saturated rings. The van der Waals surface area contributed by atoms with Gasteiger partial charge in [0.1, 0.15) is 0 Å². The first-order chi connectivity index (χ1) is 7.91. The van der Waals surface area contributed by atoms with Crippen molar-refractivity contribution in [2.24, 2.45) is 11.1 Å². The number of nitrogens with one attached hydrogen (secondary N) is 1. The molecule has 1 aliphatic heterocycles. The molecule has 18 heavy (non-hydrogen) atoms. The Hall–Kier alpha value is -0.320. The Morgan fingerprint density at radius 1 is 1.44 bits per heavy atom. The number of amides is 1.